The summed E-state index contributed by atoms with van der Waals surface area (Å²) in [5, 5.41) is 11.9. The molecule has 1 saturated heterocycles. The van der Waals surface area contributed by atoms with Crippen LogP contribution in [0.2, 0.25) is 10.0 Å². The Morgan fingerprint density at radius 1 is 0.889 bits per heavy atom. The van der Waals surface area contributed by atoms with Gasteiger partial charge in [0.25, 0.3) is 11.8 Å². The van der Waals surface area contributed by atoms with Gasteiger partial charge in [-0.1, -0.05) is 35.3 Å². The van der Waals surface area contributed by atoms with Gasteiger partial charge in [-0.25, -0.2) is 28.8 Å². The zero-order chi connectivity index (χ0) is 31.7. The van der Waals surface area contributed by atoms with E-state index in [1.54, 1.807) is 23.1 Å². The second-order valence-electron chi connectivity index (χ2n) is 10.00. The van der Waals surface area contributed by atoms with Crippen molar-refractivity contribution < 1.29 is 23.2 Å². The minimum Gasteiger partial charge on any atom is -0.338 e. The van der Waals surface area contributed by atoms with E-state index in [-0.39, 0.29) is 34.1 Å². The first-order valence-electron chi connectivity index (χ1n) is 13.5. The highest BCUT2D eigenvalue weighted by Gasteiger charge is 2.30. The highest BCUT2D eigenvalue weighted by molar-refractivity contribution is 7.89. The summed E-state index contributed by atoms with van der Waals surface area (Å²) in [7, 11) is -3.92. The summed E-state index contributed by atoms with van der Waals surface area (Å²) >= 11 is 12.9. The number of benzene rings is 3. The van der Waals surface area contributed by atoms with Crippen LogP contribution in [0.15, 0.2) is 78.0 Å². The molecule has 230 valence electrons. The van der Waals surface area contributed by atoms with Crippen molar-refractivity contribution in [1.82, 2.24) is 29.7 Å². The number of aromatic amines is 1. The maximum atomic E-state index is 13.4. The largest absolute Gasteiger partial charge is 0.338 e. The molecule has 0 aliphatic carbocycles. The minimum absolute atomic E-state index is 0.0286. The van der Waals surface area contributed by atoms with Gasteiger partial charge in [0.15, 0.2) is 0 Å². The van der Waals surface area contributed by atoms with Crippen molar-refractivity contribution in [3.63, 3.8) is 0 Å². The average molecular weight is 668 g/mol. The molecule has 2 amide bonds. The maximum Gasteiger partial charge on any atom is 0.277 e. The quantitative estimate of drug-likeness (QED) is 0.147. The molecule has 0 radical (unpaired) electrons. The fourth-order valence-corrected chi connectivity index (χ4v) is 6.83. The van der Waals surface area contributed by atoms with Crippen LogP contribution in [0.25, 0.3) is 22.4 Å². The Kier molecular flexibility index (Phi) is 8.40. The average Bonchev–Trinajstić information content (AvgIpc) is 3.49. The second kappa shape index (κ2) is 12.4. The van der Waals surface area contributed by atoms with Gasteiger partial charge in [-0.3, -0.25) is 14.8 Å². The molecular formula is C29H24Cl2N8O5S. The number of amides is 2. The number of hydrogen-bond donors (Lipinski definition) is 4. The van der Waals surface area contributed by atoms with Crippen molar-refractivity contribution >= 4 is 67.7 Å². The number of piperazine rings is 1. The van der Waals surface area contributed by atoms with Gasteiger partial charge in [-0.2, -0.15) is 4.31 Å². The van der Waals surface area contributed by atoms with Crippen LogP contribution >= 0.6 is 23.2 Å². The number of imidazole rings is 1. The Labute approximate surface area is 266 Å². The topological polar surface area (TPSA) is 174 Å². The Bertz CT molecular complexity index is 2000. The molecular weight excluding hydrogens is 643 g/mol. The van der Waals surface area contributed by atoms with E-state index in [0.717, 1.165) is 11.0 Å². The summed E-state index contributed by atoms with van der Waals surface area (Å²) in [6, 6.07) is 16.5. The monoisotopic (exact) mass is 666 g/mol. The Balaban J connectivity index is 1.13. The predicted octanol–water partition coefficient (Wildman–Crippen LogP) is 4.21. The number of halogens is 2. The zero-order valence-electron chi connectivity index (χ0n) is 23.2. The fraction of sp³-hybridized carbons (Fsp3) is 0.138. The van der Waals surface area contributed by atoms with E-state index in [1.807, 2.05) is 24.3 Å². The molecule has 1 fully saturated rings. The van der Waals surface area contributed by atoms with Crippen LogP contribution in [0.5, 0.6) is 0 Å². The van der Waals surface area contributed by atoms with Crippen LogP contribution in [0.1, 0.15) is 20.7 Å². The summed E-state index contributed by atoms with van der Waals surface area (Å²) in [5.74, 6) is -0.399. The van der Waals surface area contributed by atoms with Crippen LogP contribution in [0.4, 0.5) is 11.6 Å². The molecule has 3 aromatic carbocycles. The molecule has 0 bridgehead atoms. The third-order valence-electron chi connectivity index (χ3n) is 7.22. The number of sulfonamides is 1. The van der Waals surface area contributed by atoms with Gasteiger partial charge < -0.3 is 15.2 Å². The first-order chi connectivity index (χ1) is 21.6. The van der Waals surface area contributed by atoms with Gasteiger partial charge in [-0.15, -0.1) is 0 Å². The first kappa shape index (κ1) is 30.4. The summed E-state index contributed by atoms with van der Waals surface area (Å²) in [6.07, 6.45) is 2.53. The molecule has 1 aliphatic rings. The Morgan fingerprint density at radius 3 is 2.31 bits per heavy atom. The molecule has 13 nitrogen and oxygen atoms in total. The number of nitrogens with one attached hydrogen (secondary N) is 3. The van der Waals surface area contributed by atoms with Gasteiger partial charge in [0.05, 0.1) is 37.1 Å². The van der Waals surface area contributed by atoms with Gasteiger partial charge >= 0.3 is 0 Å². The van der Waals surface area contributed by atoms with Crippen LogP contribution < -0.4 is 15.7 Å². The number of aromatic nitrogens is 4. The molecule has 0 saturated carbocycles. The number of para-hydroxylation sites is 2. The highest BCUT2D eigenvalue weighted by Crippen LogP contribution is 2.31. The molecule has 1 aliphatic heterocycles. The number of carbonyl (C=O) groups is 2. The number of hydrogen-bond acceptors (Lipinski definition) is 9. The third-order valence-corrected chi connectivity index (χ3v) is 9.75. The lowest BCUT2D eigenvalue weighted by Gasteiger charge is -2.34. The van der Waals surface area contributed by atoms with Crippen molar-refractivity contribution in [2.24, 2.45) is 0 Å². The Hall–Kier alpha value is -4.60. The van der Waals surface area contributed by atoms with Crippen molar-refractivity contribution in [3.05, 3.63) is 94.2 Å². The molecule has 3 heterocycles. The smallest absolute Gasteiger partial charge is 0.277 e. The summed E-state index contributed by atoms with van der Waals surface area (Å²) in [5.41, 5.74) is 4.34. The molecule has 5 aromatic rings. The van der Waals surface area contributed by atoms with Gasteiger partial charge in [-0.05, 0) is 48.5 Å². The van der Waals surface area contributed by atoms with Crippen molar-refractivity contribution in [2.45, 2.75) is 4.90 Å². The van der Waals surface area contributed by atoms with Gasteiger partial charge in [0, 0.05) is 49.8 Å². The molecule has 0 spiro atoms. The van der Waals surface area contributed by atoms with E-state index in [1.165, 1.54) is 40.4 Å². The highest BCUT2D eigenvalue weighted by atomic mass is 35.5. The number of nitrogens with zero attached hydrogens (tertiary/aromatic N) is 5. The molecule has 0 unspecified atom stereocenters. The molecule has 0 atom stereocenters. The lowest BCUT2D eigenvalue weighted by atomic mass is 10.1. The second-order valence-corrected chi connectivity index (χ2v) is 12.7. The van der Waals surface area contributed by atoms with E-state index < -0.39 is 21.8 Å². The Morgan fingerprint density at radius 2 is 1.62 bits per heavy atom. The van der Waals surface area contributed by atoms with Crippen LogP contribution in [-0.4, -0.2) is 75.9 Å². The number of rotatable bonds is 7. The summed E-state index contributed by atoms with van der Waals surface area (Å²) in [6.45, 7) is 0.898. The predicted molar refractivity (Wildman–Crippen MR) is 168 cm³/mol. The van der Waals surface area contributed by atoms with Crippen molar-refractivity contribution in [1.29, 1.82) is 0 Å². The van der Waals surface area contributed by atoms with E-state index >= 15 is 0 Å². The van der Waals surface area contributed by atoms with Crippen molar-refractivity contribution in [2.75, 3.05) is 36.4 Å². The minimum atomic E-state index is -3.92. The van der Waals surface area contributed by atoms with Crippen molar-refractivity contribution in [3.8, 4) is 11.4 Å². The number of H-pyrrole nitrogens is 1. The van der Waals surface area contributed by atoms with Crippen LogP contribution in [0, 0.1) is 0 Å². The lowest BCUT2D eigenvalue weighted by molar-refractivity contribution is 0.0705. The maximum absolute atomic E-state index is 13.4. The number of hydroxylamine groups is 1. The normalized spacial score (nSPS) is 14.0. The van der Waals surface area contributed by atoms with Crippen LogP contribution in [0.3, 0.4) is 0 Å². The van der Waals surface area contributed by atoms with Gasteiger partial charge in [0.1, 0.15) is 5.82 Å². The summed E-state index contributed by atoms with van der Waals surface area (Å²) in [4.78, 5) is 42.4. The number of fused-ring (bicyclic) bond motifs is 1. The van der Waals surface area contributed by atoms with E-state index in [2.05, 4.69) is 25.3 Å². The van der Waals surface area contributed by atoms with Gasteiger partial charge in [0.2, 0.25) is 16.0 Å². The summed E-state index contributed by atoms with van der Waals surface area (Å²) < 4.78 is 28.1. The van der Waals surface area contributed by atoms with E-state index in [4.69, 9.17) is 28.4 Å². The number of carbonyl (C=O) groups excluding carboxylic acids is 2. The lowest BCUT2D eigenvalue weighted by Crippen LogP contribution is -2.49. The van der Waals surface area contributed by atoms with E-state index in [9.17, 15) is 18.0 Å². The fourth-order valence-electron chi connectivity index (χ4n) is 4.85. The first-order valence-corrected chi connectivity index (χ1v) is 15.7. The van der Waals surface area contributed by atoms with E-state index in [0.29, 0.717) is 41.1 Å². The van der Waals surface area contributed by atoms with Crippen LogP contribution in [-0.2, 0) is 10.0 Å². The molecule has 16 heteroatoms. The standard InChI is InChI=1S/C29H24Cl2N8O5S/c30-22-8-5-18(13-21(22)26-35-24-3-1-2-4-25(24)36-26)34-28(41)20-7-6-19(14-23(20)31)45(43,44)39-11-9-38(10-12-39)29-32-15-17(16-33-29)27(40)37-42/h1-8,13-16,42H,9-12H2,(H,34,41)(H,35,36)(H,37,40). The molecule has 4 N–H and O–H groups in total. The number of anilines is 2. The molecule has 6 rings (SSSR count). The molecule has 2 aromatic heterocycles. The molecule has 45 heavy (non-hydrogen) atoms. The third kappa shape index (κ3) is 6.18. The zero-order valence-corrected chi connectivity index (χ0v) is 25.6. The SMILES string of the molecule is O=C(NO)c1cnc(N2CCN(S(=O)(=O)c3ccc(C(=O)Nc4ccc(Cl)c(-c5nc6ccccc6[nH]5)c4)c(Cl)c3)CC2)nc1.